The number of rotatable bonds is 11. The van der Waals surface area contributed by atoms with E-state index >= 15 is 0 Å². The molecule has 0 aromatic heterocycles. The molecule has 0 aromatic carbocycles. The molecule has 21 heavy (non-hydrogen) atoms. The van der Waals surface area contributed by atoms with Gasteiger partial charge in [0.05, 0.1) is 0 Å². The van der Waals surface area contributed by atoms with Gasteiger partial charge in [-0.3, -0.25) is 9.79 Å². The molecule has 0 aliphatic rings. The van der Waals surface area contributed by atoms with E-state index in [0.29, 0.717) is 18.9 Å². The Morgan fingerprint density at radius 3 is 2.48 bits per heavy atom. The van der Waals surface area contributed by atoms with Crippen LogP contribution in [-0.2, 0) is 9.53 Å². The van der Waals surface area contributed by atoms with Crippen molar-refractivity contribution < 1.29 is 9.53 Å². The molecule has 3 N–H and O–H groups in total. The summed E-state index contributed by atoms with van der Waals surface area (Å²) in [6.07, 6.45) is 2.35. The first-order chi connectivity index (χ1) is 10.1. The number of carbonyl (C=O) groups is 1. The summed E-state index contributed by atoms with van der Waals surface area (Å²) in [4.78, 5) is 15.5. The van der Waals surface area contributed by atoms with Crippen molar-refractivity contribution in [2.24, 2.45) is 10.9 Å². The second-order valence-electron chi connectivity index (χ2n) is 5.35. The quantitative estimate of drug-likeness (QED) is 0.304. The van der Waals surface area contributed by atoms with Crippen LogP contribution < -0.4 is 16.0 Å². The van der Waals surface area contributed by atoms with Crippen molar-refractivity contribution in [1.29, 1.82) is 0 Å². The van der Waals surface area contributed by atoms with Crippen molar-refractivity contribution in [1.82, 2.24) is 16.0 Å². The van der Waals surface area contributed by atoms with Crippen LogP contribution in [0.25, 0.3) is 0 Å². The van der Waals surface area contributed by atoms with E-state index in [0.717, 1.165) is 45.1 Å². The maximum Gasteiger partial charge on any atom is 0.221 e. The normalized spacial score (nSPS) is 11.6. The molecule has 1 amide bonds. The van der Waals surface area contributed by atoms with E-state index in [2.05, 4.69) is 34.8 Å². The predicted molar refractivity (Wildman–Crippen MR) is 87.6 cm³/mol. The van der Waals surface area contributed by atoms with Crippen molar-refractivity contribution in [3.05, 3.63) is 0 Å². The lowest BCUT2D eigenvalue weighted by molar-refractivity contribution is -0.120. The first-order valence-corrected chi connectivity index (χ1v) is 7.89. The van der Waals surface area contributed by atoms with E-state index < -0.39 is 0 Å². The van der Waals surface area contributed by atoms with Gasteiger partial charge in [-0.05, 0) is 18.8 Å². The minimum absolute atomic E-state index is 0.0712. The van der Waals surface area contributed by atoms with E-state index in [1.807, 2.05) is 6.92 Å². The third kappa shape index (κ3) is 13.4. The fourth-order valence-corrected chi connectivity index (χ4v) is 1.57. The molecule has 0 spiro atoms. The molecule has 124 valence electrons. The Kier molecular flexibility index (Phi) is 12.8. The number of hydrogen-bond acceptors (Lipinski definition) is 3. The summed E-state index contributed by atoms with van der Waals surface area (Å²) in [6, 6.07) is 0. The molecule has 0 atom stereocenters. The van der Waals surface area contributed by atoms with Crippen LogP contribution in [0.3, 0.4) is 0 Å². The number of ether oxygens (including phenoxy) is 1. The van der Waals surface area contributed by atoms with Crippen LogP contribution in [0, 0.1) is 5.92 Å². The Balaban J connectivity index is 3.57. The minimum Gasteiger partial charge on any atom is -0.381 e. The number of guanidine groups is 1. The van der Waals surface area contributed by atoms with Crippen molar-refractivity contribution in [3.8, 4) is 0 Å². The Hall–Kier alpha value is -1.30. The van der Waals surface area contributed by atoms with E-state index in [4.69, 9.17) is 4.74 Å². The molecule has 0 aliphatic heterocycles. The summed E-state index contributed by atoms with van der Waals surface area (Å²) < 4.78 is 5.51. The van der Waals surface area contributed by atoms with Gasteiger partial charge in [-0.1, -0.05) is 20.8 Å². The Morgan fingerprint density at radius 2 is 1.86 bits per heavy atom. The molecule has 0 saturated carbocycles. The first kappa shape index (κ1) is 19.7. The smallest absolute Gasteiger partial charge is 0.221 e. The lowest BCUT2D eigenvalue weighted by Gasteiger charge is -2.12. The maximum absolute atomic E-state index is 11.4. The zero-order chi connectivity index (χ0) is 15.9. The first-order valence-electron chi connectivity index (χ1n) is 7.89. The lowest BCUT2D eigenvalue weighted by atomic mass is 10.2. The van der Waals surface area contributed by atoms with Crippen LogP contribution in [0.2, 0.25) is 0 Å². The average Bonchev–Trinajstić information content (AvgIpc) is 2.46. The van der Waals surface area contributed by atoms with E-state index in [1.165, 1.54) is 0 Å². The number of nitrogens with one attached hydrogen (secondary N) is 3. The topological polar surface area (TPSA) is 74.8 Å². The number of carbonyl (C=O) groups excluding carboxylic acids is 1. The highest BCUT2D eigenvalue weighted by molar-refractivity contribution is 5.81. The zero-order valence-electron chi connectivity index (χ0n) is 14.0. The number of amides is 1. The van der Waals surface area contributed by atoms with Crippen LogP contribution in [0.4, 0.5) is 0 Å². The second kappa shape index (κ2) is 13.7. The van der Waals surface area contributed by atoms with Gasteiger partial charge >= 0.3 is 0 Å². The van der Waals surface area contributed by atoms with Crippen molar-refractivity contribution >= 4 is 11.9 Å². The Bertz CT molecular complexity index is 293. The Morgan fingerprint density at radius 1 is 1.14 bits per heavy atom. The highest BCUT2D eigenvalue weighted by atomic mass is 16.5. The molecular weight excluding hydrogens is 268 g/mol. The van der Waals surface area contributed by atoms with Crippen molar-refractivity contribution in [2.75, 3.05) is 39.9 Å². The van der Waals surface area contributed by atoms with Gasteiger partial charge in [0, 0.05) is 46.3 Å². The van der Waals surface area contributed by atoms with E-state index in [9.17, 15) is 4.79 Å². The van der Waals surface area contributed by atoms with Gasteiger partial charge in [-0.25, -0.2) is 0 Å². The van der Waals surface area contributed by atoms with Crippen LogP contribution >= 0.6 is 0 Å². The molecule has 0 aromatic rings. The number of hydrogen-bond donors (Lipinski definition) is 3. The fraction of sp³-hybridized carbons (Fsp3) is 0.867. The van der Waals surface area contributed by atoms with Crippen molar-refractivity contribution in [3.63, 3.8) is 0 Å². The summed E-state index contributed by atoms with van der Waals surface area (Å²) in [5.74, 6) is 1.37. The van der Waals surface area contributed by atoms with Gasteiger partial charge in [0.15, 0.2) is 5.96 Å². The zero-order valence-corrected chi connectivity index (χ0v) is 14.0. The molecule has 6 heteroatoms. The third-order valence-corrected chi connectivity index (χ3v) is 2.65. The summed E-state index contributed by atoms with van der Waals surface area (Å²) in [6.45, 7) is 10.00. The lowest BCUT2D eigenvalue weighted by Crippen LogP contribution is -2.40. The third-order valence-electron chi connectivity index (χ3n) is 2.65. The highest BCUT2D eigenvalue weighted by Gasteiger charge is 2.01. The summed E-state index contributed by atoms with van der Waals surface area (Å²) >= 11 is 0. The van der Waals surface area contributed by atoms with Gasteiger partial charge in [-0.15, -0.1) is 0 Å². The second-order valence-corrected chi connectivity index (χ2v) is 5.35. The fourth-order valence-electron chi connectivity index (χ4n) is 1.57. The highest BCUT2D eigenvalue weighted by Crippen LogP contribution is 1.92. The summed E-state index contributed by atoms with van der Waals surface area (Å²) in [7, 11) is 1.72. The number of aliphatic imine (C=N–C) groups is 1. The predicted octanol–water partition coefficient (Wildman–Crippen LogP) is 1.13. The molecule has 0 aliphatic carbocycles. The maximum atomic E-state index is 11.4. The SMILES string of the molecule is CCCNC(=O)CCNC(=NC)NCCCOCC(C)C. The molecular formula is C15H32N4O2. The molecule has 0 radical (unpaired) electrons. The van der Waals surface area contributed by atoms with E-state index in [-0.39, 0.29) is 5.91 Å². The van der Waals surface area contributed by atoms with Gasteiger partial charge in [0.2, 0.25) is 5.91 Å². The van der Waals surface area contributed by atoms with Crippen LogP contribution in [0.1, 0.15) is 40.0 Å². The Labute approximate surface area is 129 Å². The number of nitrogens with zero attached hydrogens (tertiary/aromatic N) is 1. The molecule has 6 nitrogen and oxygen atoms in total. The molecule has 0 unspecified atom stereocenters. The standard InChI is InChI=1S/C15H32N4O2/c1-5-8-17-14(20)7-10-19-15(16-4)18-9-6-11-21-12-13(2)3/h13H,5-12H2,1-4H3,(H,17,20)(H2,16,18,19). The van der Waals surface area contributed by atoms with Gasteiger partial charge in [-0.2, -0.15) is 0 Å². The van der Waals surface area contributed by atoms with Crippen LogP contribution in [0.5, 0.6) is 0 Å². The molecule has 0 bridgehead atoms. The summed E-state index contributed by atoms with van der Waals surface area (Å²) in [5.41, 5.74) is 0. The monoisotopic (exact) mass is 300 g/mol. The van der Waals surface area contributed by atoms with Crippen LogP contribution in [0.15, 0.2) is 4.99 Å². The minimum atomic E-state index is 0.0712. The molecule has 0 rings (SSSR count). The average molecular weight is 300 g/mol. The van der Waals surface area contributed by atoms with Crippen LogP contribution in [-0.4, -0.2) is 51.8 Å². The van der Waals surface area contributed by atoms with Crippen molar-refractivity contribution in [2.45, 2.75) is 40.0 Å². The van der Waals surface area contributed by atoms with E-state index in [1.54, 1.807) is 7.05 Å². The van der Waals surface area contributed by atoms with Gasteiger partial charge in [0.1, 0.15) is 0 Å². The summed E-state index contributed by atoms with van der Waals surface area (Å²) in [5, 5.41) is 9.17. The van der Waals surface area contributed by atoms with Gasteiger partial charge < -0.3 is 20.7 Å². The molecule has 0 heterocycles. The van der Waals surface area contributed by atoms with Gasteiger partial charge in [0.25, 0.3) is 0 Å². The molecule has 0 fully saturated rings. The largest absolute Gasteiger partial charge is 0.381 e. The molecule has 0 saturated heterocycles.